The molecular weight excluding hydrogens is 380 g/mol. The number of pyridine rings is 2. The topological polar surface area (TPSA) is 93.2 Å². The van der Waals surface area contributed by atoms with Crippen LogP contribution >= 0.6 is 0 Å². The molecule has 2 N–H and O–H groups in total. The van der Waals surface area contributed by atoms with E-state index in [9.17, 15) is 9.59 Å². The van der Waals surface area contributed by atoms with Gasteiger partial charge in [-0.3, -0.25) is 14.8 Å². The lowest BCUT2D eigenvalue weighted by Crippen LogP contribution is -2.27. The summed E-state index contributed by atoms with van der Waals surface area (Å²) >= 11 is 0. The third-order valence-electron chi connectivity index (χ3n) is 4.25. The lowest BCUT2D eigenvalue weighted by Gasteiger charge is -2.14. The van der Waals surface area contributed by atoms with Gasteiger partial charge in [-0.15, -0.1) is 0 Å². The maximum Gasteiger partial charge on any atom is 0.407 e. The average molecular weight is 404 g/mol. The van der Waals surface area contributed by atoms with Crippen LogP contribution in [0.25, 0.3) is 11.1 Å². The predicted octanol–water partition coefficient (Wildman–Crippen LogP) is 3.71. The van der Waals surface area contributed by atoms with Crippen LogP contribution in [-0.2, 0) is 17.8 Å². The quantitative estimate of drug-likeness (QED) is 0.626. The maximum atomic E-state index is 12.8. The Bertz CT molecular complexity index is 1010. The summed E-state index contributed by atoms with van der Waals surface area (Å²) in [5, 5.41) is 5.61. The third kappa shape index (κ3) is 5.64. The molecule has 0 aliphatic heterocycles. The average Bonchev–Trinajstić information content (AvgIpc) is 2.76. The number of carbonyl (C=O) groups is 2. The van der Waals surface area contributed by atoms with E-state index < -0.39 is 6.09 Å². The summed E-state index contributed by atoms with van der Waals surface area (Å²) in [6, 6.07) is 16.7. The first kappa shape index (κ1) is 21.0. The fraction of sp³-hybridized carbons (Fsp3) is 0.217. The van der Waals surface area contributed by atoms with E-state index in [0.717, 1.165) is 16.8 Å². The van der Waals surface area contributed by atoms with Crippen LogP contribution < -0.4 is 10.6 Å². The van der Waals surface area contributed by atoms with Crippen LogP contribution in [0.15, 0.2) is 67.0 Å². The monoisotopic (exact) mass is 404 g/mol. The highest BCUT2D eigenvalue weighted by atomic mass is 16.6. The zero-order chi connectivity index (χ0) is 21.3. The highest BCUT2D eigenvalue weighted by molar-refractivity contribution is 5.99. The second kappa shape index (κ2) is 10.2. The number of nitrogens with one attached hydrogen (secondary N) is 2. The van der Waals surface area contributed by atoms with E-state index in [0.29, 0.717) is 17.8 Å². The van der Waals surface area contributed by atoms with E-state index in [1.54, 1.807) is 32.3 Å². The summed E-state index contributed by atoms with van der Waals surface area (Å²) in [6.07, 6.45) is 2.58. The number of hydrogen-bond donors (Lipinski definition) is 2. The van der Waals surface area contributed by atoms with Crippen molar-refractivity contribution in [3.8, 4) is 11.1 Å². The molecule has 0 saturated heterocycles. The number of alkyl carbamates (subject to hydrolysis) is 1. The summed E-state index contributed by atoms with van der Waals surface area (Å²) < 4.78 is 5.12. The number of hydrogen-bond acceptors (Lipinski definition) is 5. The van der Waals surface area contributed by atoms with Gasteiger partial charge < -0.3 is 15.4 Å². The van der Waals surface area contributed by atoms with Gasteiger partial charge in [0, 0.05) is 24.5 Å². The molecule has 0 spiro atoms. The Morgan fingerprint density at radius 3 is 2.37 bits per heavy atom. The van der Waals surface area contributed by atoms with Crippen molar-refractivity contribution >= 4 is 12.0 Å². The van der Waals surface area contributed by atoms with Crippen LogP contribution in [0.1, 0.15) is 35.6 Å². The van der Waals surface area contributed by atoms with Gasteiger partial charge in [-0.2, -0.15) is 0 Å². The molecule has 30 heavy (non-hydrogen) atoms. The first-order valence-corrected chi connectivity index (χ1v) is 9.70. The normalized spacial score (nSPS) is 10.5. The Morgan fingerprint density at radius 1 is 0.867 bits per heavy atom. The minimum atomic E-state index is -0.487. The van der Waals surface area contributed by atoms with Gasteiger partial charge in [-0.1, -0.05) is 36.4 Å². The van der Waals surface area contributed by atoms with Gasteiger partial charge in [0.2, 0.25) is 0 Å². The number of aromatic nitrogens is 2. The molecule has 0 unspecified atom stereocenters. The van der Waals surface area contributed by atoms with Crippen LogP contribution in [0.2, 0.25) is 0 Å². The Morgan fingerprint density at radius 2 is 1.60 bits per heavy atom. The van der Waals surface area contributed by atoms with Crippen LogP contribution in [-0.4, -0.2) is 28.1 Å². The number of ether oxygens (including phenoxy) is 1. The summed E-state index contributed by atoms with van der Waals surface area (Å²) in [6.45, 7) is 4.16. The van der Waals surface area contributed by atoms with E-state index in [-0.39, 0.29) is 18.6 Å². The third-order valence-corrected chi connectivity index (χ3v) is 4.25. The summed E-state index contributed by atoms with van der Waals surface area (Å²) in [5.41, 5.74) is 3.43. The highest BCUT2D eigenvalue weighted by Crippen LogP contribution is 2.26. The molecule has 1 aromatic carbocycles. The number of benzene rings is 1. The van der Waals surface area contributed by atoms with Crippen LogP contribution in [0, 0.1) is 0 Å². The Kier molecular flexibility index (Phi) is 7.10. The minimum absolute atomic E-state index is 0.201. The molecule has 0 fully saturated rings. The van der Waals surface area contributed by atoms with Crippen molar-refractivity contribution in [1.29, 1.82) is 0 Å². The SMILES string of the molecule is CC(C)OC(=O)NCc1ccccc1-c1cccnc1C(=O)NCc1ccccn1. The smallest absolute Gasteiger partial charge is 0.407 e. The van der Waals surface area contributed by atoms with E-state index in [4.69, 9.17) is 4.74 Å². The number of rotatable bonds is 7. The Labute approximate surface area is 175 Å². The lowest BCUT2D eigenvalue weighted by atomic mass is 9.98. The summed E-state index contributed by atoms with van der Waals surface area (Å²) in [5.74, 6) is -0.293. The van der Waals surface area contributed by atoms with Gasteiger partial charge in [-0.05, 0) is 43.2 Å². The van der Waals surface area contributed by atoms with Gasteiger partial charge in [0.15, 0.2) is 0 Å². The van der Waals surface area contributed by atoms with Crippen molar-refractivity contribution in [2.24, 2.45) is 0 Å². The van der Waals surface area contributed by atoms with Crippen molar-refractivity contribution in [2.45, 2.75) is 33.0 Å². The molecular formula is C23H24N4O3. The van der Waals surface area contributed by atoms with Crippen molar-refractivity contribution in [2.75, 3.05) is 0 Å². The molecule has 7 heteroatoms. The molecule has 154 valence electrons. The van der Waals surface area contributed by atoms with E-state index >= 15 is 0 Å². The maximum absolute atomic E-state index is 12.8. The molecule has 3 aromatic rings. The minimum Gasteiger partial charge on any atom is -0.447 e. The molecule has 0 aliphatic rings. The number of carbonyl (C=O) groups excluding carboxylic acids is 2. The molecule has 2 amide bonds. The van der Waals surface area contributed by atoms with E-state index in [1.165, 1.54) is 0 Å². The van der Waals surface area contributed by atoms with Crippen molar-refractivity contribution in [1.82, 2.24) is 20.6 Å². The zero-order valence-corrected chi connectivity index (χ0v) is 17.0. The Balaban J connectivity index is 1.80. The number of nitrogens with zero attached hydrogens (tertiary/aromatic N) is 2. The highest BCUT2D eigenvalue weighted by Gasteiger charge is 2.17. The van der Waals surface area contributed by atoms with Crippen LogP contribution in [0.5, 0.6) is 0 Å². The molecule has 0 atom stereocenters. The van der Waals surface area contributed by atoms with Crippen LogP contribution in [0.4, 0.5) is 4.79 Å². The van der Waals surface area contributed by atoms with Gasteiger partial charge in [0.1, 0.15) is 5.69 Å². The Hall–Kier alpha value is -3.74. The van der Waals surface area contributed by atoms with Crippen molar-refractivity contribution in [3.63, 3.8) is 0 Å². The fourth-order valence-corrected chi connectivity index (χ4v) is 2.92. The van der Waals surface area contributed by atoms with E-state index in [1.807, 2.05) is 48.5 Å². The van der Waals surface area contributed by atoms with Gasteiger partial charge in [0.25, 0.3) is 5.91 Å². The molecule has 0 saturated carbocycles. The predicted molar refractivity (Wildman–Crippen MR) is 114 cm³/mol. The van der Waals surface area contributed by atoms with Gasteiger partial charge in [-0.25, -0.2) is 4.79 Å². The second-order valence-corrected chi connectivity index (χ2v) is 6.87. The second-order valence-electron chi connectivity index (χ2n) is 6.87. The summed E-state index contributed by atoms with van der Waals surface area (Å²) in [7, 11) is 0. The standard InChI is InChI=1S/C23H24N4O3/c1-16(2)30-23(29)27-14-17-8-3-4-10-19(17)20-11-7-13-25-21(20)22(28)26-15-18-9-5-6-12-24-18/h3-13,16H,14-15H2,1-2H3,(H,26,28)(H,27,29). The van der Waals surface area contributed by atoms with Crippen molar-refractivity contribution in [3.05, 3.63) is 83.9 Å². The van der Waals surface area contributed by atoms with Crippen LogP contribution in [0.3, 0.4) is 0 Å². The fourth-order valence-electron chi connectivity index (χ4n) is 2.92. The largest absolute Gasteiger partial charge is 0.447 e. The molecule has 0 radical (unpaired) electrons. The van der Waals surface area contributed by atoms with Gasteiger partial charge >= 0.3 is 6.09 Å². The number of amides is 2. The zero-order valence-electron chi connectivity index (χ0n) is 17.0. The molecule has 2 heterocycles. The molecule has 0 aliphatic carbocycles. The molecule has 0 bridgehead atoms. The molecule has 7 nitrogen and oxygen atoms in total. The first-order valence-electron chi connectivity index (χ1n) is 9.70. The molecule has 3 rings (SSSR count). The van der Waals surface area contributed by atoms with Crippen molar-refractivity contribution < 1.29 is 14.3 Å². The van der Waals surface area contributed by atoms with E-state index in [2.05, 4.69) is 20.6 Å². The summed E-state index contributed by atoms with van der Waals surface area (Å²) in [4.78, 5) is 33.2. The lowest BCUT2D eigenvalue weighted by molar-refractivity contribution is 0.0945. The first-order chi connectivity index (χ1) is 14.5. The van der Waals surface area contributed by atoms with Gasteiger partial charge in [0.05, 0.1) is 18.3 Å². The molecule has 2 aromatic heterocycles.